The van der Waals surface area contributed by atoms with Crippen LogP contribution in [0.2, 0.25) is 0 Å². The first-order valence-electron chi connectivity index (χ1n) is 7.48. The molecule has 3 heterocycles. The fraction of sp³-hybridized carbons (Fsp3) is 0.769. The van der Waals surface area contributed by atoms with Crippen LogP contribution in [0.15, 0.2) is 17.3 Å². The van der Waals surface area contributed by atoms with E-state index in [-0.39, 0.29) is 17.5 Å². The van der Waals surface area contributed by atoms with Crippen molar-refractivity contribution < 1.29 is 13.5 Å². The fourth-order valence-electron chi connectivity index (χ4n) is 3.33. The molecule has 2 fully saturated rings. The van der Waals surface area contributed by atoms with Crippen LogP contribution in [-0.2, 0) is 16.6 Å². The highest BCUT2D eigenvalue weighted by molar-refractivity contribution is 7.89. The van der Waals surface area contributed by atoms with E-state index in [0.717, 1.165) is 25.9 Å². The van der Waals surface area contributed by atoms with E-state index in [1.807, 2.05) is 0 Å². The van der Waals surface area contributed by atoms with Gasteiger partial charge in [-0.05, 0) is 38.8 Å². The molecule has 1 aromatic rings. The maximum atomic E-state index is 12.4. The second-order valence-corrected chi connectivity index (χ2v) is 7.55. The van der Waals surface area contributed by atoms with Gasteiger partial charge in [-0.15, -0.1) is 0 Å². The molecule has 2 atom stereocenters. The maximum absolute atomic E-state index is 12.4. The van der Waals surface area contributed by atoms with Gasteiger partial charge in [-0.1, -0.05) is 0 Å². The lowest BCUT2D eigenvalue weighted by molar-refractivity contribution is 0.176. The third-order valence-electron chi connectivity index (χ3n) is 4.39. The van der Waals surface area contributed by atoms with Crippen molar-refractivity contribution in [2.45, 2.75) is 49.2 Å². The van der Waals surface area contributed by atoms with E-state index in [1.165, 1.54) is 29.9 Å². The predicted octanol–water partition coefficient (Wildman–Crippen LogP) is -0.219. The number of rotatable bonds is 5. The molecule has 21 heavy (non-hydrogen) atoms. The Morgan fingerprint density at radius 1 is 1.38 bits per heavy atom. The van der Waals surface area contributed by atoms with Crippen molar-refractivity contribution in [3.8, 4) is 0 Å². The molecule has 2 aliphatic heterocycles. The Morgan fingerprint density at radius 3 is 3.05 bits per heavy atom. The largest absolute Gasteiger partial charge is 0.394 e. The van der Waals surface area contributed by atoms with Crippen LogP contribution in [0.1, 0.15) is 25.7 Å². The van der Waals surface area contributed by atoms with Crippen molar-refractivity contribution >= 4 is 10.0 Å². The normalized spacial score (nSPS) is 26.9. The smallest absolute Gasteiger partial charge is 0.243 e. The van der Waals surface area contributed by atoms with Gasteiger partial charge in [0.2, 0.25) is 10.0 Å². The number of aromatic nitrogens is 2. The van der Waals surface area contributed by atoms with Crippen LogP contribution in [-0.4, -0.2) is 60.0 Å². The molecule has 118 valence electrons. The molecule has 8 heteroatoms. The minimum atomic E-state index is -3.52. The number of aliphatic hydroxyl groups is 1. The van der Waals surface area contributed by atoms with Gasteiger partial charge >= 0.3 is 0 Å². The Morgan fingerprint density at radius 2 is 2.24 bits per heavy atom. The molecule has 0 radical (unpaired) electrons. The molecular weight excluding hydrogens is 292 g/mol. The van der Waals surface area contributed by atoms with Crippen LogP contribution in [0.4, 0.5) is 0 Å². The van der Waals surface area contributed by atoms with Gasteiger partial charge in [0.1, 0.15) is 4.90 Å². The van der Waals surface area contributed by atoms with Gasteiger partial charge in [0.05, 0.1) is 19.3 Å². The van der Waals surface area contributed by atoms with Gasteiger partial charge in [-0.2, -0.15) is 5.10 Å². The summed E-state index contributed by atoms with van der Waals surface area (Å²) in [5.74, 6) is 0. The van der Waals surface area contributed by atoms with Crippen LogP contribution in [0.3, 0.4) is 0 Å². The minimum Gasteiger partial charge on any atom is -0.394 e. The summed E-state index contributed by atoms with van der Waals surface area (Å²) in [5.41, 5.74) is 0. The first-order valence-corrected chi connectivity index (χ1v) is 8.96. The van der Waals surface area contributed by atoms with E-state index in [9.17, 15) is 8.42 Å². The van der Waals surface area contributed by atoms with Crippen molar-refractivity contribution in [2.75, 3.05) is 19.7 Å². The zero-order valence-electron chi connectivity index (χ0n) is 12.0. The van der Waals surface area contributed by atoms with Gasteiger partial charge in [-0.3, -0.25) is 4.68 Å². The van der Waals surface area contributed by atoms with Gasteiger partial charge in [0.15, 0.2) is 0 Å². The zero-order valence-corrected chi connectivity index (χ0v) is 12.8. The summed E-state index contributed by atoms with van der Waals surface area (Å²) in [4.78, 5) is 2.63. The van der Waals surface area contributed by atoms with E-state index in [4.69, 9.17) is 5.11 Å². The van der Waals surface area contributed by atoms with Crippen LogP contribution in [0.5, 0.6) is 0 Å². The predicted molar refractivity (Wildman–Crippen MR) is 77.3 cm³/mol. The first-order chi connectivity index (χ1) is 10.1. The van der Waals surface area contributed by atoms with Crippen LogP contribution >= 0.6 is 0 Å². The number of nitrogens with one attached hydrogen (secondary N) is 1. The molecule has 0 amide bonds. The number of nitrogens with zero attached hydrogens (tertiary/aromatic N) is 3. The Bertz CT molecular complexity index is 586. The summed E-state index contributed by atoms with van der Waals surface area (Å²) in [6.45, 7) is 2.37. The number of aliphatic hydroxyl groups excluding tert-OH is 1. The Kier molecular flexibility index (Phi) is 4.30. The van der Waals surface area contributed by atoms with Gasteiger partial charge in [-0.25, -0.2) is 13.1 Å². The highest BCUT2D eigenvalue weighted by atomic mass is 32.2. The molecule has 0 saturated carbocycles. The van der Waals surface area contributed by atoms with Crippen molar-refractivity contribution in [1.29, 1.82) is 0 Å². The van der Waals surface area contributed by atoms with Crippen molar-refractivity contribution in [1.82, 2.24) is 19.4 Å². The summed E-state index contributed by atoms with van der Waals surface area (Å²) in [5, 5.41) is 12.8. The zero-order chi connectivity index (χ0) is 14.9. The molecule has 2 N–H and O–H groups in total. The number of fused-ring (bicyclic) bond motifs is 1. The quantitative estimate of drug-likeness (QED) is 0.784. The second kappa shape index (κ2) is 6.04. The SMILES string of the molecule is O=S(=O)(NC1CCN2CCCC2C1)c1cnn(CCO)c1. The van der Waals surface area contributed by atoms with Gasteiger partial charge in [0.25, 0.3) is 0 Å². The molecule has 1 aromatic heterocycles. The molecule has 7 nitrogen and oxygen atoms in total. The third-order valence-corrected chi connectivity index (χ3v) is 5.87. The standard InChI is InChI=1S/C13H22N4O3S/c18-7-6-17-10-13(9-14-17)21(19,20)15-11-3-5-16-4-1-2-12(16)8-11/h9-12,15,18H,1-8H2. The van der Waals surface area contributed by atoms with E-state index >= 15 is 0 Å². The number of hydrogen-bond donors (Lipinski definition) is 2. The van der Waals surface area contributed by atoms with Crippen LogP contribution in [0, 0.1) is 0 Å². The number of piperidine rings is 1. The summed E-state index contributed by atoms with van der Waals surface area (Å²) in [6.07, 6.45) is 6.95. The molecule has 0 aromatic carbocycles. The third kappa shape index (κ3) is 3.28. The Balaban J connectivity index is 1.65. The van der Waals surface area contributed by atoms with E-state index < -0.39 is 10.0 Å². The molecule has 2 aliphatic rings. The molecule has 2 saturated heterocycles. The minimum absolute atomic E-state index is 0.00976. The number of sulfonamides is 1. The molecular formula is C13H22N4O3S. The van der Waals surface area contributed by atoms with E-state index in [1.54, 1.807) is 0 Å². The van der Waals surface area contributed by atoms with Crippen molar-refractivity contribution in [3.05, 3.63) is 12.4 Å². The molecule has 0 spiro atoms. The van der Waals surface area contributed by atoms with E-state index in [0.29, 0.717) is 12.6 Å². The van der Waals surface area contributed by atoms with E-state index in [2.05, 4.69) is 14.7 Å². The molecule has 0 bridgehead atoms. The topological polar surface area (TPSA) is 87.5 Å². The summed E-state index contributed by atoms with van der Waals surface area (Å²) < 4.78 is 29.0. The average molecular weight is 314 g/mol. The summed E-state index contributed by atoms with van der Waals surface area (Å²) in [6, 6.07) is 0.541. The van der Waals surface area contributed by atoms with Crippen LogP contribution in [0.25, 0.3) is 0 Å². The van der Waals surface area contributed by atoms with Gasteiger partial charge in [0, 0.05) is 18.3 Å². The maximum Gasteiger partial charge on any atom is 0.243 e. The Labute approximate surface area is 125 Å². The monoisotopic (exact) mass is 314 g/mol. The highest BCUT2D eigenvalue weighted by Crippen LogP contribution is 2.27. The van der Waals surface area contributed by atoms with Crippen LogP contribution < -0.4 is 4.72 Å². The lowest BCUT2D eigenvalue weighted by Gasteiger charge is -2.34. The highest BCUT2D eigenvalue weighted by Gasteiger charge is 2.33. The lowest BCUT2D eigenvalue weighted by atomic mass is 9.99. The fourth-order valence-corrected chi connectivity index (χ4v) is 4.56. The summed E-state index contributed by atoms with van der Waals surface area (Å²) >= 11 is 0. The number of hydrogen-bond acceptors (Lipinski definition) is 5. The Hall–Kier alpha value is -0.960. The van der Waals surface area contributed by atoms with Crippen molar-refractivity contribution in [2.24, 2.45) is 0 Å². The first kappa shape index (κ1) is 15.0. The molecule has 2 unspecified atom stereocenters. The second-order valence-electron chi connectivity index (χ2n) is 5.84. The van der Waals surface area contributed by atoms with Crippen molar-refractivity contribution in [3.63, 3.8) is 0 Å². The molecule has 3 rings (SSSR count). The summed E-state index contributed by atoms with van der Waals surface area (Å²) in [7, 11) is -3.52. The lowest BCUT2D eigenvalue weighted by Crippen LogP contribution is -2.47. The average Bonchev–Trinajstić information content (AvgIpc) is 3.07. The van der Waals surface area contributed by atoms with Gasteiger partial charge < -0.3 is 10.0 Å². The molecule has 0 aliphatic carbocycles.